The Hall–Kier alpha value is -1.77. The Morgan fingerprint density at radius 1 is 1.27 bits per heavy atom. The van der Waals surface area contributed by atoms with Crippen LogP contribution in [0.4, 0.5) is 0 Å². The van der Waals surface area contributed by atoms with Crippen LogP contribution in [0.25, 0.3) is 15.2 Å². The van der Waals surface area contributed by atoms with Gasteiger partial charge in [-0.2, -0.15) is 0 Å². The maximum absolute atomic E-state index is 12.4. The molecule has 0 radical (unpaired) electrons. The second kappa shape index (κ2) is 6.44. The van der Waals surface area contributed by atoms with Crippen LogP contribution in [0.1, 0.15) is 34.7 Å². The summed E-state index contributed by atoms with van der Waals surface area (Å²) in [5.41, 5.74) is 3.17. The Morgan fingerprint density at radius 3 is 3.08 bits per heavy atom. The summed E-state index contributed by atoms with van der Waals surface area (Å²) in [6.07, 6.45) is 6.44. The fourth-order valence-electron chi connectivity index (χ4n) is 3.49. The molecule has 5 nitrogen and oxygen atoms in total. The molecular weight excluding hydrogens is 384 g/mol. The van der Waals surface area contributed by atoms with Crippen molar-refractivity contribution in [3.05, 3.63) is 50.0 Å². The molecule has 1 aliphatic carbocycles. The SMILES string of the molecule is Cc1csc2nc(CSc3ncnc4sc5c(c34)CCCC5)cc(=O)n12. The molecule has 0 fully saturated rings. The first-order chi connectivity index (χ1) is 12.7. The molecule has 0 saturated heterocycles. The molecule has 5 rings (SSSR count). The van der Waals surface area contributed by atoms with Crippen LogP contribution in [0, 0.1) is 6.92 Å². The normalized spacial score (nSPS) is 14.2. The van der Waals surface area contributed by atoms with E-state index in [2.05, 4.69) is 15.0 Å². The first-order valence-corrected chi connectivity index (χ1v) is 11.2. The predicted molar refractivity (Wildman–Crippen MR) is 108 cm³/mol. The second-order valence-corrected chi connectivity index (χ2v) is 9.32. The lowest BCUT2D eigenvalue weighted by Gasteiger charge is -2.11. The standard InChI is InChI=1S/C18H16N4OS3/c1-10-7-25-18-21-11(6-14(23)22(10)18)8-24-16-15-12-4-2-3-5-13(12)26-17(15)20-9-19-16/h6-7,9H,2-5,8H2,1H3. The smallest absolute Gasteiger partial charge is 0.258 e. The van der Waals surface area contributed by atoms with Crippen LogP contribution in [0.5, 0.6) is 0 Å². The van der Waals surface area contributed by atoms with Gasteiger partial charge in [0.1, 0.15) is 16.2 Å². The average molecular weight is 401 g/mol. The molecule has 8 heteroatoms. The van der Waals surface area contributed by atoms with E-state index in [0.717, 1.165) is 39.0 Å². The number of hydrogen-bond acceptors (Lipinski definition) is 7. The average Bonchev–Trinajstić information content (AvgIpc) is 3.21. The minimum Gasteiger partial charge on any atom is -0.269 e. The quantitative estimate of drug-likeness (QED) is 0.380. The number of thiazole rings is 1. The molecule has 0 amide bonds. The minimum atomic E-state index is -0.00917. The third-order valence-electron chi connectivity index (χ3n) is 4.70. The maximum Gasteiger partial charge on any atom is 0.258 e. The summed E-state index contributed by atoms with van der Waals surface area (Å²) < 4.78 is 1.66. The van der Waals surface area contributed by atoms with Crippen LogP contribution < -0.4 is 5.56 Å². The zero-order valence-electron chi connectivity index (χ0n) is 14.2. The second-order valence-electron chi connectivity index (χ2n) is 6.44. The Kier molecular flexibility index (Phi) is 4.06. The Morgan fingerprint density at radius 2 is 2.15 bits per heavy atom. The molecule has 4 aromatic heterocycles. The molecule has 132 valence electrons. The van der Waals surface area contributed by atoms with Crippen molar-refractivity contribution in [2.24, 2.45) is 0 Å². The van der Waals surface area contributed by atoms with Gasteiger partial charge in [0.15, 0.2) is 4.96 Å². The first kappa shape index (κ1) is 16.4. The van der Waals surface area contributed by atoms with Gasteiger partial charge in [-0.15, -0.1) is 22.7 Å². The van der Waals surface area contributed by atoms with E-state index in [9.17, 15) is 4.79 Å². The molecule has 4 heterocycles. The first-order valence-electron chi connectivity index (χ1n) is 8.55. The zero-order chi connectivity index (χ0) is 17.7. The van der Waals surface area contributed by atoms with Crippen molar-refractivity contribution in [3.63, 3.8) is 0 Å². The molecule has 0 N–H and O–H groups in total. The number of aromatic nitrogens is 4. The van der Waals surface area contributed by atoms with Gasteiger partial charge in [0.2, 0.25) is 0 Å². The summed E-state index contributed by atoms with van der Waals surface area (Å²) in [7, 11) is 0. The van der Waals surface area contributed by atoms with Gasteiger partial charge < -0.3 is 0 Å². The highest BCUT2D eigenvalue weighted by molar-refractivity contribution is 7.98. The van der Waals surface area contributed by atoms with Gasteiger partial charge in [0.25, 0.3) is 5.56 Å². The van der Waals surface area contributed by atoms with Gasteiger partial charge in [-0.05, 0) is 38.2 Å². The molecule has 0 bridgehead atoms. The van der Waals surface area contributed by atoms with Gasteiger partial charge in [-0.1, -0.05) is 11.8 Å². The Labute approximate surface area is 162 Å². The number of fused-ring (bicyclic) bond motifs is 4. The zero-order valence-corrected chi connectivity index (χ0v) is 16.6. The molecule has 26 heavy (non-hydrogen) atoms. The summed E-state index contributed by atoms with van der Waals surface area (Å²) in [5, 5.41) is 4.20. The molecule has 0 spiro atoms. The number of thiophene rings is 1. The fraction of sp³-hybridized carbons (Fsp3) is 0.333. The van der Waals surface area contributed by atoms with E-state index < -0.39 is 0 Å². The highest BCUT2D eigenvalue weighted by Crippen LogP contribution is 2.39. The number of thioether (sulfide) groups is 1. The Balaban J connectivity index is 1.50. The molecule has 1 aliphatic rings. The van der Waals surface area contributed by atoms with E-state index in [1.54, 1.807) is 28.6 Å². The summed E-state index contributed by atoms with van der Waals surface area (Å²) in [5.74, 6) is 0.638. The predicted octanol–water partition coefficient (Wildman–Crippen LogP) is 4.24. The topological polar surface area (TPSA) is 60.2 Å². The molecule has 0 atom stereocenters. The lowest BCUT2D eigenvalue weighted by molar-refractivity contribution is 0.699. The number of aryl methyl sites for hydroxylation is 3. The van der Waals surface area contributed by atoms with Crippen LogP contribution in [-0.4, -0.2) is 19.4 Å². The summed E-state index contributed by atoms with van der Waals surface area (Å²) >= 11 is 4.97. The lowest BCUT2D eigenvalue weighted by atomic mass is 9.97. The summed E-state index contributed by atoms with van der Waals surface area (Å²) in [6.45, 7) is 1.93. The van der Waals surface area contributed by atoms with Gasteiger partial charge in [0, 0.05) is 33.2 Å². The van der Waals surface area contributed by atoms with Crippen molar-refractivity contribution < 1.29 is 0 Å². The molecule has 4 aromatic rings. The van der Waals surface area contributed by atoms with Crippen molar-refractivity contribution in [1.29, 1.82) is 0 Å². The van der Waals surface area contributed by atoms with Crippen molar-refractivity contribution in [2.45, 2.75) is 43.4 Å². The van der Waals surface area contributed by atoms with Crippen molar-refractivity contribution in [1.82, 2.24) is 19.4 Å². The summed E-state index contributed by atoms with van der Waals surface area (Å²) in [4.78, 5) is 29.3. The highest BCUT2D eigenvalue weighted by Gasteiger charge is 2.20. The van der Waals surface area contributed by atoms with Crippen molar-refractivity contribution in [2.75, 3.05) is 0 Å². The van der Waals surface area contributed by atoms with Crippen molar-refractivity contribution in [3.8, 4) is 0 Å². The third kappa shape index (κ3) is 2.67. The van der Waals surface area contributed by atoms with Crippen LogP contribution in [-0.2, 0) is 18.6 Å². The molecule has 0 unspecified atom stereocenters. The largest absolute Gasteiger partial charge is 0.269 e. The highest BCUT2D eigenvalue weighted by atomic mass is 32.2. The molecule has 0 aromatic carbocycles. The Bertz CT molecular complexity index is 1190. The molecular formula is C18H16N4OS3. The monoisotopic (exact) mass is 400 g/mol. The number of hydrogen-bond donors (Lipinski definition) is 0. The van der Waals surface area contributed by atoms with E-state index in [0.29, 0.717) is 5.75 Å². The minimum absolute atomic E-state index is 0.00917. The van der Waals surface area contributed by atoms with Crippen LogP contribution in [0.3, 0.4) is 0 Å². The lowest BCUT2D eigenvalue weighted by Crippen LogP contribution is -2.14. The van der Waals surface area contributed by atoms with E-state index in [1.807, 2.05) is 23.6 Å². The van der Waals surface area contributed by atoms with E-state index in [4.69, 9.17) is 0 Å². The van der Waals surface area contributed by atoms with E-state index in [-0.39, 0.29) is 5.56 Å². The van der Waals surface area contributed by atoms with Crippen LogP contribution >= 0.6 is 34.4 Å². The summed E-state index contributed by atoms with van der Waals surface area (Å²) in [6, 6.07) is 1.64. The van der Waals surface area contributed by atoms with E-state index >= 15 is 0 Å². The number of nitrogens with zero attached hydrogens (tertiary/aromatic N) is 4. The van der Waals surface area contributed by atoms with Crippen molar-refractivity contribution >= 4 is 49.6 Å². The van der Waals surface area contributed by atoms with Gasteiger partial charge in [-0.3, -0.25) is 9.20 Å². The fourth-order valence-corrected chi connectivity index (χ4v) is 6.59. The van der Waals surface area contributed by atoms with Gasteiger partial charge >= 0.3 is 0 Å². The van der Waals surface area contributed by atoms with Gasteiger partial charge in [-0.25, -0.2) is 15.0 Å². The van der Waals surface area contributed by atoms with Gasteiger partial charge in [0.05, 0.1) is 5.69 Å². The third-order valence-corrected chi connectivity index (χ3v) is 7.87. The van der Waals surface area contributed by atoms with E-state index in [1.165, 1.54) is 40.0 Å². The van der Waals surface area contributed by atoms with Crippen LogP contribution in [0.2, 0.25) is 0 Å². The molecule has 0 saturated carbocycles. The maximum atomic E-state index is 12.4. The van der Waals surface area contributed by atoms with Crippen LogP contribution in [0.15, 0.2) is 27.6 Å². The number of rotatable bonds is 3. The molecule has 0 aliphatic heterocycles.